The van der Waals surface area contributed by atoms with Gasteiger partial charge in [0, 0.05) is 25.7 Å². The Balaban J connectivity index is 1.52. The molecule has 6 nitrogen and oxygen atoms in total. The van der Waals surface area contributed by atoms with Crippen LogP contribution in [0.25, 0.3) is 0 Å². The molecule has 1 heterocycles. The second-order valence-electron chi connectivity index (χ2n) is 8.23. The number of piperidine rings is 1. The Morgan fingerprint density at radius 1 is 1.07 bits per heavy atom. The Bertz CT molecular complexity index is 773. The molecule has 0 radical (unpaired) electrons. The van der Waals surface area contributed by atoms with Gasteiger partial charge in [-0.15, -0.1) is 0 Å². The fourth-order valence-corrected chi connectivity index (χ4v) is 6.32. The zero-order valence-electron chi connectivity index (χ0n) is 17.8. The summed E-state index contributed by atoms with van der Waals surface area (Å²) < 4.78 is 26.6. The molecule has 0 bridgehead atoms. The zero-order chi connectivity index (χ0) is 20.9. The fraction of sp³-hybridized carbons (Fsp3) is 0.682. The van der Waals surface area contributed by atoms with Gasteiger partial charge >= 0.3 is 0 Å². The van der Waals surface area contributed by atoms with Crippen LogP contribution in [0.4, 0.5) is 0 Å². The van der Waals surface area contributed by atoms with Crippen molar-refractivity contribution in [3.63, 3.8) is 0 Å². The minimum absolute atomic E-state index is 0.0519. The highest BCUT2D eigenvalue weighted by molar-refractivity contribution is 7.89. The van der Waals surface area contributed by atoms with Crippen LogP contribution in [0, 0.1) is 5.92 Å². The number of nitrogens with zero attached hydrogens (tertiary/aromatic N) is 2. The van der Waals surface area contributed by atoms with Crippen LogP contribution in [0.15, 0.2) is 29.2 Å². The van der Waals surface area contributed by atoms with Gasteiger partial charge < -0.3 is 5.32 Å². The van der Waals surface area contributed by atoms with Gasteiger partial charge in [-0.2, -0.15) is 4.31 Å². The first-order chi connectivity index (χ1) is 14.0. The van der Waals surface area contributed by atoms with Gasteiger partial charge in [-0.1, -0.05) is 38.8 Å². The van der Waals surface area contributed by atoms with E-state index in [4.69, 9.17) is 0 Å². The van der Waals surface area contributed by atoms with Crippen molar-refractivity contribution in [3.05, 3.63) is 29.8 Å². The van der Waals surface area contributed by atoms with E-state index in [2.05, 4.69) is 10.2 Å². The summed E-state index contributed by atoms with van der Waals surface area (Å²) in [5, 5.41) is 3.00. The second-order valence-corrected chi connectivity index (χ2v) is 10.2. The average molecular weight is 422 g/mol. The van der Waals surface area contributed by atoms with E-state index in [1.54, 1.807) is 24.3 Å². The van der Waals surface area contributed by atoms with Crippen LogP contribution in [0.1, 0.15) is 57.9 Å². The Morgan fingerprint density at radius 2 is 1.72 bits per heavy atom. The second kappa shape index (κ2) is 10.0. The summed E-state index contributed by atoms with van der Waals surface area (Å²) in [6, 6.07) is 7.41. The number of fused-ring (bicyclic) bond motifs is 1. The molecule has 1 aromatic carbocycles. The van der Waals surface area contributed by atoms with Gasteiger partial charge in [0.25, 0.3) is 0 Å². The molecular weight excluding hydrogens is 386 g/mol. The monoisotopic (exact) mass is 421 g/mol. The molecule has 0 aromatic heterocycles. The molecule has 162 valence electrons. The third-order valence-electron chi connectivity index (χ3n) is 6.46. The quantitative estimate of drug-likeness (QED) is 0.701. The number of hydrogen-bond acceptors (Lipinski definition) is 4. The van der Waals surface area contributed by atoms with E-state index in [1.165, 1.54) is 42.8 Å². The number of carbonyl (C=O) groups is 1. The number of benzene rings is 1. The SMILES string of the molecule is CCN(CC)S(=O)(=O)c1ccc(CNC(=O)CN2CCC[C@H]3CCCC[C@@H]32)cc1. The van der Waals surface area contributed by atoms with Crippen molar-refractivity contribution < 1.29 is 13.2 Å². The standard InChI is InChI=1S/C22H35N3O3S/c1-3-25(4-2)29(27,28)20-13-11-18(12-14-20)16-23-22(26)17-24-15-7-9-19-8-5-6-10-21(19)24/h11-14,19,21H,3-10,15-17H2,1-2H3,(H,23,26)/t19-,21+/m1/s1. The first-order valence-electron chi connectivity index (χ1n) is 11.1. The van der Waals surface area contributed by atoms with Gasteiger partial charge in [0.15, 0.2) is 0 Å². The van der Waals surface area contributed by atoms with Crippen LogP contribution in [-0.2, 0) is 21.4 Å². The van der Waals surface area contributed by atoms with Gasteiger partial charge in [-0.3, -0.25) is 9.69 Å². The van der Waals surface area contributed by atoms with Crippen molar-refractivity contribution >= 4 is 15.9 Å². The largest absolute Gasteiger partial charge is 0.351 e. The van der Waals surface area contributed by atoms with Gasteiger partial charge in [0.2, 0.25) is 15.9 Å². The number of amides is 1. The Kier molecular flexibility index (Phi) is 7.71. The summed E-state index contributed by atoms with van der Waals surface area (Å²) in [6.07, 6.45) is 7.65. The lowest BCUT2D eigenvalue weighted by atomic mass is 9.78. The van der Waals surface area contributed by atoms with Crippen molar-refractivity contribution in [2.45, 2.75) is 69.9 Å². The smallest absolute Gasteiger partial charge is 0.243 e. The van der Waals surface area contributed by atoms with Crippen LogP contribution < -0.4 is 5.32 Å². The fourth-order valence-electron chi connectivity index (χ4n) is 4.86. The predicted octanol–water partition coefficient (Wildman–Crippen LogP) is 2.99. The summed E-state index contributed by atoms with van der Waals surface area (Å²) in [7, 11) is -3.44. The molecule has 29 heavy (non-hydrogen) atoms. The molecule has 1 aliphatic carbocycles. The minimum atomic E-state index is -3.44. The van der Waals surface area contributed by atoms with Crippen LogP contribution >= 0.6 is 0 Å². The average Bonchev–Trinajstić information content (AvgIpc) is 2.73. The van der Waals surface area contributed by atoms with Crippen molar-refractivity contribution in [3.8, 4) is 0 Å². The van der Waals surface area contributed by atoms with E-state index >= 15 is 0 Å². The van der Waals surface area contributed by atoms with Gasteiger partial charge in [-0.05, 0) is 55.8 Å². The van der Waals surface area contributed by atoms with E-state index < -0.39 is 10.0 Å². The van der Waals surface area contributed by atoms with Crippen LogP contribution in [0.5, 0.6) is 0 Å². The van der Waals surface area contributed by atoms with Crippen LogP contribution in [-0.4, -0.2) is 55.8 Å². The maximum Gasteiger partial charge on any atom is 0.243 e. The maximum absolute atomic E-state index is 12.6. The molecule has 1 amide bonds. The molecule has 1 N–H and O–H groups in total. The lowest BCUT2D eigenvalue weighted by molar-refractivity contribution is -0.124. The molecule has 2 aliphatic rings. The molecule has 2 fully saturated rings. The first-order valence-corrected chi connectivity index (χ1v) is 12.5. The number of likely N-dealkylation sites (tertiary alicyclic amines) is 1. The highest BCUT2D eigenvalue weighted by Crippen LogP contribution is 2.34. The topological polar surface area (TPSA) is 69.7 Å². The molecule has 3 rings (SSSR count). The van der Waals surface area contributed by atoms with E-state index in [9.17, 15) is 13.2 Å². The predicted molar refractivity (Wildman–Crippen MR) is 115 cm³/mol. The van der Waals surface area contributed by atoms with E-state index in [0.29, 0.717) is 37.1 Å². The lowest BCUT2D eigenvalue weighted by Crippen LogP contribution is -2.50. The van der Waals surface area contributed by atoms with E-state index in [-0.39, 0.29) is 5.91 Å². The molecular formula is C22H35N3O3S. The van der Waals surface area contributed by atoms with Crippen molar-refractivity contribution in [1.82, 2.24) is 14.5 Å². The number of hydrogen-bond donors (Lipinski definition) is 1. The Morgan fingerprint density at radius 3 is 2.41 bits per heavy atom. The summed E-state index contributed by atoms with van der Waals surface area (Å²) in [4.78, 5) is 15.2. The number of carbonyl (C=O) groups excluding carboxylic acids is 1. The van der Waals surface area contributed by atoms with E-state index in [0.717, 1.165) is 18.0 Å². The van der Waals surface area contributed by atoms with Gasteiger partial charge in [-0.25, -0.2) is 8.42 Å². The first kappa shape index (κ1) is 22.2. The maximum atomic E-state index is 12.6. The normalized spacial score (nSPS) is 23.0. The number of nitrogens with one attached hydrogen (secondary N) is 1. The van der Waals surface area contributed by atoms with Crippen molar-refractivity contribution in [2.24, 2.45) is 5.92 Å². The molecule has 2 atom stereocenters. The Hall–Kier alpha value is -1.44. The molecule has 7 heteroatoms. The van der Waals surface area contributed by atoms with Crippen molar-refractivity contribution in [1.29, 1.82) is 0 Å². The molecule has 1 aromatic rings. The Labute approximate surface area is 175 Å². The molecule has 0 spiro atoms. The summed E-state index contributed by atoms with van der Waals surface area (Å²) >= 11 is 0. The number of sulfonamides is 1. The molecule has 1 aliphatic heterocycles. The van der Waals surface area contributed by atoms with Crippen molar-refractivity contribution in [2.75, 3.05) is 26.2 Å². The minimum Gasteiger partial charge on any atom is -0.351 e. The highest BCUT2D eigenvalue weighted by Gasteiger charge is 2.33. The summed E-state index contributed by atoms with van der Waals surface area (Å²) in [5.74, 6) is 0.821. The molecule has 0 unspecified atom stereocenters. The van der Waals surface area contributed by atoms with Gasteiger partial charge in [0.1, 0.15) is 0 Å². The van der Waals surface area contributed by atoms with Crippen LogP contribution in [0.2, 0.25) is 0 Å². The zero-order valence-corrected chi connectivity index (χ0v) is 18.6. The van der Waals surface area contributed by atoms with Crippen LogP contribution in [0.3, 0.4) is 0 Å². The summed E-state index contributed by atoms with van der Waals surface area (Å²) in [5.41, 5.74) is 0.908. The molecule has 1 saturated carbocycles. The van der Waals surface area contributed by atoms with E-state index in [1.807, 2.05) is 13.8 Å². The third kappa shape index (κ3) is 5.38. The lowest BCUT2D eigenvalue weighted by Gasteiger charge is -2.43. The molecule has 1 saturated heterocycles. The highest BCUT2D eigenvalue weighted by atomic mass is 32.2. The third-order valence-corrected chi connectivity index (χ3v) is 8.53. The number of rotatable bonds is 8. The summed E-state index contributed by atoms with van der Waals surface area (Å²) in [6.45, 7) is 6.49. The van der Waals surface area contributed by atoms with Gasteiger partial charge in [0.05, 0.1) is 11.4 Å².